The largest absolute Gasteiger partial charge is 1.00 e. The molecule has 2 amide bonds. The van der Waals surface area contributed by atoms with Crippen LogP contribution in [0, 0.1) is 11.8 Å². The van der Waals surface area contributed by atoms with Crippen LogP contribution in [0.1, 0.15) is 31.0 Å². The van der Waals surface area contributed by atoms with Crippen molar-refractivity contribution in [2.45, 2.75) is 32.4 Å². The average molecular weight is 325 g/mol. The summed E-state index contributed by atoms with van der Waals surface area (Å²) >= 11 is 0. The van der Waals surface area contributed by atoms with Crippen LogP contribution in [0.5, 0.6) is 0 Å². The molecule has 1 aromatic rings. The van der Waals surface area contributed by atoms with E-state index in [1.54, 1.807) is 0 Å². The van der Waals surface area contributed by atoms with Crippen molar-refractivity contribution in [3.05, 3.63) is 35.4 Å². The molecule has 1 heterocycles. The van der Waals surface area contributed by atoms with Crippen LogP contribution in [-0.2, 0) is 16.0 Å². The lowest BCUT2D eigenvalue weighted by Gasteiger charge is -2.25. The second-order valence-corrected chi connectivity index (χ2v) is 6.21. The number of rotatable bonds is 2. The van der Waals surface area contributed by atoms with Crippen LogP contribution in [0.15, 0.2) is 24.3 Å². The van der Waals surface area contributed by atoms with Crippen molar-refractivity contribution in [1.29, 1.82) is 0 Å². The molecule has 1 saturated heterocycles. The maximum Gasteiger partial charge on any atom is 0.416 e. The third kappa shape index (κ3) is 2.59. The van der Waals surface area contributed by atoms with E-state index in [2.05, 4.69) is 5.73 Å². The molecule has 3 rings (SSSR count). The molecule has 1 aromatic carbocycles. The predicted molar refractivity (Wildman–Crippen MR) is 76.1 cm³/mol. The molecule has 6 heteroatoms. The lowest BCUT2D eigenvalue weighted by Crippen LogP contribution is -3.00. The van der Waals surface area contributed by atoms with Crippen molar-refractivity contribution >= 4 is 12.0 Å². The summed E-state index contributed by atoms with van der Waals surface area (Å²) in [5.74, 6) is -0.228. The Bertz CT molecular complexity index is 591. The quantitative estimate of drug-likeness (QED) is 0.694. The molecule has 5 nitrogen and oxygen atoms in total. The Kier molecular flexibility index (Phi) is 4.78. The first kappa shape index (κ1) is 16.8. The number of hydrogen-bond acceptors (Lipinski definition) is 3. The Morgan fingerprint density at radius 2 is 2.05 bits per heavy atom. The van der Waals surface area contributed by atoms with Gasteiger partial charge in [-0.3, -0.25) is 4.79 Å². The first-order valence-electron chi connectivity index (χ1n) is 7.41. The van der Waals surface area contributed by atoms with E-state index in [-0.39, 0.29) is 42.2 Å². The van der Waals surface area contributed by atoms with Gasteiger partial charge < -0.3 is 22.9 Å². The first-order valence-corrected chi connectivity index (χ1v) is 7.41. The zero-order valence-corrected chi connectivity index (χ0v) is 13.5. The summed E-state index contributed by atoms with van der Waals surface area (Å²) < 4.78 is 5.08. The maximum atomic E-state index is 12.8. The molecule has 3 N–H and O–H groups in total. The normalized spacial score (nSPS) is 26.6. The average Bonchev–Trinajstić information content (AvgIpc) is 3.00. The molecule has 120 valence electrons. The Labute approximate surface area is 136 Å². The van der Waals surface area contributed by atoms with Crippen molar-refractivity contribution in [3.63, 3.8) is 0 Å². The molecule has 1 aliphatic heterocycles. The fourth-order valence-electron chi connectivity index (χ4n) is 3.30. The molecule has 1 fully saturated rings. The van der Waals surface area contributed by atoms with Crippen molar-refractivity contribution in [2.75, 3.05) is 6.61 Å². The van der Waals surface area contributed by atoms with Gasteiger partial charge in [-0.05, 0) is 17.9 Å². The third-order valence-electron chi connectivity index (χ3n) is 4.61. The lowest BCUT2D eigenvalue weighted by atomic mass is 9.97. The summed E-state index contributed by atoms with van der Waals surface area (Å²) in [6.45, 7) is 4.29. The third-order valence-corrected chi connectivity index (χ3v) is 4.61. The van der Waals surface area contributed by atoms with Crippen molar-refractivity contribution < 1.29 is 32.5 Å². The number of hydrogen-bond donors (Lipinski definition) is 1. The minimum atomic E-state index is -0.512. The Morgan fingerprint density at radius 3 is 2.68 bits per heavy atom. The molecule has 22 heavy (non-hydrogen) atoms. The summed E-state index contributed by atoms with van der Waals surface area (Å²) in [6.07, 6.45) is 0.138. The first-order chi connectivity index (χ1) is 10.0. The molecule has 0 spiro atoms. The van der Waals surface area contributed by atoms with Gasteiger partial charge in [0.2, 0.25) is 5.91 Å². The van der Waals surface area contributed by atoms with E-state index in [0.717, 1.165) is 11.1 Å². The van der Waals surface area contributed by atoms with Gasteiger partial charge in [-0.15, -0.1) is 0 Å². The maximum absolute atomic E-state index is 12.8. The van der Waals surface area contributed by atoms with Gasteiger partial charge in [0.25, 0.3) is 0 Å². The second-order valence-electron chi connectivity index (χ2n) is 6.21. The molecule has 0 aromatic heterocycles. The van der Waals surface area contributed by atoms with Crippen LogP contribution >= 0.6 is 0 Å². The highest BCUT2D eigenvalue weighted by atomic mass is 35.5. The summed E-state index contributed by atoms with van der Waals surface area (Å²) in [4.78, 5) is 26.1. The van der Waals surface area contributed by atoms with Gasteiger partial charge in [0, 0.05) is 5.56 Å². The topological polar surface area (TPSA) is 74.2 Å². The molecule has 1 unspecified atom stereocenters. The molecule has 0 radical (unpaired) electrons. The zero-order chi connectivity index (χ0) is 15.1. The summed E-state index contributed by atoms with van der Waals surface area (Å²) in [6, 6.07) is 7.71. The number of ether oxygens (including phenoxy) is 1. The van der Waals surface area contributed by atoms with Gasteiger partial charge in [0.1, 0.15) is 12.6 Å². The molecular weight excluding hydrogens is 304 g/mol. The van der Waals surface area contributed by atoms with Crippen LogP contribution in [0.2, 0.25) is 0 Å². The Morgan fingerprint density at radius 1 is 1.36 bits per heavy atom. The zero-order valence-electron chi connectivity index (χ0n) is 12.8. The Hall–Kier alpha value is -1.59. The van der Waals surface area contributed by atoms with Gasteiger partial charge in [-0.25, -0.2) is 9.69 Å². The van der Waals surface area contributed by atoms with E-state index in [1.165, 1.54) is 4.90 Å². The standard InChI is InChI=1S/C16H20N2O3.ClH/c1-9(2)13-8-21-16(20)18(13)15(19)12-7-10-5-3-4-6-11(10)14(12)17;/h3-6,9,12-14H,7-8,17H2,1-2H3;1H/t12?,13-,14-;/m1./s1. The van der Waals surface area contributed by atoms with Gasteiger partial charge in [-0.1, -0.05) is 38.1 Å². The number of carbonyl (C=O) groups is 2. The molecular formula is C16H21ClN2O3. The number of halogens is 1. The summed E-state index contributed by atoms with van der Waals surface area (Å²) in [5, 5.41) is 0. The van der Waals surface area contributed by atoms with Gasteiger partial charge in [-0.2, -0.15) is 0 Å². The SMILES string of the molecule is CC(C)[C@H]1COC(=O)N1C(=O)C1Cc2ccccc2[C@H]1[NH3+].[Cl-]. The van der Waals surface area contributed by atoms with E-state index >= 15 is 0 Å². The van der Waals surface area contributed by atoms with Gasteiger partial charge in [0.05, 0.1) is 12.0 Å². The number of quaternary nitrogens is 1. The number of nitrogens with zero attached hydrogens (tertiary/aromatic N) is 1. The highest BCUT2D eigenvalue weighted by Gasteiger charge is 2.47. The number of imide groups is 1. The van der Waals surface area contributed by atoms with Crippen molar-refractivity contribution in [2.24, 2.45) is 11.8 Å². The number of amides is 2. The van der Waals surface area contributed by atoms with Crippen LogP contribution in [0.3, 0.4) is 0 Å². The Balaban J connectivity index is 0.00000176. The smallest absolute Gasteiger partial charge is 0.416 e. The van der Waals surface area contributed by atoms with E-state index in [0.29, 0.717) is 13.0 Å². The van der Waals surface area contributed by atoms with Gasteiger partial charge in [0.15, 0.2) is 0 Å². The molecule has 1 aliphatic carbocycles. The number of fused-ring (bicyclic) bond motifs is 1. The summed E-state index contributed by atoms with van der Waals surface area (Å²) in [5.41, 5.74) is 6.42. The number of cyclic esters (lactones) is 1. The highest BCUT2D eigenvalue weighted by Crippen LogP contribution is 2.35. The van der Waals surface area contributed by atoms with Crippen LogP contribution in [0.25, 0.3) is 0 Å². The minimum absolute atomic E-state index is 0. The van der Waals surface area contributed by atoms with E-state index in [1.807, 2.05) is 38.1 Å². The van der Waals surface area contributed by atoms with E-state index < -0.39 is 6.09 Å². The van der Waals surface area contributed by atoms with Gasteiger partial charge >= 0.3 is 6.09 Å². The number of carbonyl (C=O) groups excluding carboxylic acids is 2. The summed E-state index contributed by atoms with van der Waals surface area (Å²) in [7, 11) is 0. The molecule has 0 bridgehead atoms. The molecule has 3 atom stereocenters. The van der Waals surface area contributed by atoms with Crippen LogP contribution in [-0.4, -0.2) is 29.5 Å². The van der Waals surface area contributed by atoms with E-state index in [9.17, 15) is 9.59 Å². The van der Waals surface area contributed by atoms with Crippen LogP contribution in [0.4, 0.5) is 4.79 Å². The molecule has 0 saturated carbocycles. The number of benzene rings is 1. The fraction of sp³-hybridized carbons (Fsp3) is 0.500. The predicted octanol–water partition coefficient (Wildman–Crippen LogP) is -1.85. The fourth-order valence-corrected chi connectivity index (χ4v) is 3.30. The lowest BCUT2D eigenvalue weighted by molar-refractivity contribution is -0.433. The monoisotopic (exact) mass is 324 g/mol. The van der Waals surface area contributed by atoms with Crippen LogP contribution < -0.4 is 18.1 Å². The molecule has 2 aliphatic rings. The second kappa shape index (κ2) is 6.26. The minimum Gasteiger partial charge on any atom is -1.00 e. The van der Waals surface area contributed by atoms with Crippen molar-refractivity contribution in [3.8, 4) is 0 Å². The van der Waals surface area contributed by atoms with Crippen molar-refractivity contribution in [1.82, 2.24) is 4.90 Å². The van der Waals surface area contributed by atoms with E-state index in [4.69, 9.17) is 4.74 Å². The highest BCUT2D eigenvalue weighted by molar-refractivity contribution is 5.95.